The Balaban J connectivity index is 1.45. The third-order valence-electron chi connectivity index (χ3n) is 6.17. The summed E-state index contributed by atoms with van der Waals surface area (Å²) in [6, 6.07) is 5.12. The van der Waals surface area contributed by atoms with Crippen LogP contribution in [0.2, 0.25) is 0 Å². The van der Waals surface area contributed by atoms with Crippen LogP contribution in [0.5, 0.6) is 0 Å². The van der Waals surface area contributed by atoms with Gasteiger partial charge >= 0.3 is 0 Å². The van der Waals surface area contributed by atoms with Gasteiger partial charge in [-0.25, -0.2) is 0 Å². The molecule has 4 aliphatic rings. The Labute approximate surface area is 120 Å². The van der Waals surface area contributed by atoms with Crippen molar-refractivity contribution in [3.05, 3.63) is 22.4 Å². The van der Waals surface area contributed by atoms with Crippen LogP contribution in [0.1, 0.15) is 50.3 Å². The fourth-order valence-corrected chi connectivity index (χ4v) is 6.25. The largest absolute Gasteiger partial charge is 0.309 e. The van der Waals surface area contributed by atoms with Crippen molar-refractivity contribution in [3.63, 3.8) is 0 Å². The number of hydrogen-bond donors (Lipinski definition) is 1. The van der Waals surface area contributed by atoms with E-state index in [1.54, 1.807) is 19.3 Å². The minimum atomic E-state index is 0.645. The van der Waals surface area contributed by atoms with Gasteiger partial charge in [-0.15, -0.1) is 11.3 Å². The maximum Gasteiger partial charge on any atom is 0.0302 e. The second-order valence-corrected chi connectivity index (χ2v) is 8.49. The molecular weight excluding hydrogens is 250 g/mol. The van der Waals surface area contributed by atoms with E-state index in [0.29, 0.717) is 11.5 Å². The van der Waals surface area contributed by atoms with Crippen LogP contribution in [0.4, 0.5) is 0 Å². The number of hydrogen-bond acceptors (Lipinski definition) is 2. The van der Waals surface area contributed by atoms with E-state index in [1.807, 2.05) is 11.3 Å². The van der Waals surface area contributed by atoms with E-state index in [0.717, 1.165) is 24.3 Å². The lowest BCUT2D eigenvalue weighted by Gasteiger charge is -2.59. The van der Waals surface area contributed by atoms with E-state index in [9.17, 15) is 0 Å². The summed E-state index contributed by atoms with van der Waals surface area (Å²) in [5.74, 6) is 3.20. The van der Waals surface area contributed by atoms with Gasteiger partial charge < -0.3 is 5.32 Å². The molecule has 1 atom stereocenters. The SMILES string of the molecule is C[C@@H](NCc1cccs1)C12CC3CC(CC(C3)C1)C2. The van der Waals surface area contributed by atoms with Gasteiger partial charge in [0, 0.05) is 17.5 Å². The number of thiophene rings is 1. The molecule has 4 fully saturated rings. The molecule has 0 aromatic carbocycles. The first-order valence-corrected chi connectivity index (χ1v) is 8.87. The number of rotatable bonds is 4. The minimum absolute atomic E-state index is 0.645. The molecule has 1 aromatic rings. The van der Waals surface area contributed by atoms with Crippen molar-refractivity contribution in [2.75, 3.05) is 0 Å². The summed E-state index contributed by atoms with van der Waals surface area (Å²) in [5.41, 5.74) is 0.645. The molecule has 0 aliphatic heterocycles. The van der Waals surface area contributed by atoms with Crippen LogP contribution in [-0.2, 0) is 6.54 Å². The molecule has 19 heavy (non-hydrogen) atoms. The van der Waals surface area contributed by atoms with Crippen LogP contribution in [0.15, 0.2) is 17.5 Å². The Hall–Kier alpha value is -0.340. The van der Waals surface area contributed by atoms with Crippen LogP contribution < -0.4 is 5.32 Å². The van der Waals surface area contributed by atoms with E-state index in [4.69, 9.17) is 0 Å². The quantitative estimate of drug-likeness (QED) is 0.856. The van der Waals surface area contributed by atoms with Gasteiger partial charge in [0.1, 0.15) is 0 Å². The molecule has 0 saturated heterocycles. The molecule has 4 bridgehead atoms. The average molecular weight is 275 g/mol. The predicted molar refractivity (Wildman–Crippen MR) is 81.2 cm³/mol. The van der Waals surface area contributed by atoms with Gasteiger partial charge in [0.15, 0.2) is 0 Å². The molecule has 4 aliphatic carbocycles. The Morgan fingerprint density at radius 1 is 1.21 bits per heavy atom. The van der Waals surface area contributed by atoms with Crippen LogP contribution in [0.25, 0.3) is 0 Å². The highest BCUT2D eigenvalue weighted by Gasteiger charge is 2.52. The van der Waals surface area contributed by atoms with Crippen LogP contribution in [0.3, 0.4) is 0 Å². The smallest absolute Gasteiger partial charge is 0.0302 e. The fraction of sp³-hybridized carbons (Fsp3) is 0.765. The first-order valence-electron chi connectivity index (χ1n) is 7.99. The van der Waals surface area contributed by atoms with Crippen molar-refractivity contribution in [1.29, 1.82) is 0 Å². The summed E-state index contributed by atoms with van der Waals surface area (Å²) in [7, 11) is 0. The summed E-state index contributed by atoms with van der Waals surface area (Å²) in [4.78, 5) is 1.48. The van der Waals surface area contributed by atoms with Gasteiger partial charge in [-0.1, -0.05) is 6.07 Å². The predicted octanol–water partition coefficient (Wildman–Crippen LogP) is 4.44. The third kappa shape index (κ3) is 2.17. The first-order chi connectivity index (χ1) is 9.23. The zero-order valence-electron chi connectivity index (χ0n) is 11.9. The molecule has 0 amide bonds. The Kier molecular flexibility index (Phi) is 3.00. The maximum absolute atomic E-state index is 3.85. The summed E-state index contributed by atoms with van der Waals surface area (Å²) < 4.78 is 0. The molecule has 104 valence electrons. The zero-order valence-corrected chi connectivity index (χ0v) is 12.7. The molecule has 0 radical (unpaired) electrons. The summed E-state index contributed by atoms with van der Waals surface area (Å²) in [6.45, 7) is 3.53. The van der Waals surface area contributed by atoms with Crippen LogP contribution in [0, 0.1) is 23.2 Å². The molecule has 4 saturated carbocycles. The molecule has 1 N–H and O–H groups in total. The minimum Gasteiger partial charge on any atom is -0.309 e. The number of nitrogens with one attached hydrogen (secondary N) is 1. The molecule has 1 aromatic heterocycles. The van der Waals surface area contributed by atoms with Gasteiger partial charge in [-0.3, -0.25) is 0 Å². The monoisotopic (exact) mass is 275 g/mol. The van der Waals surface area contributed by atoms with Gasteiger partial charge in [0.05, 0.1) is 0 Å². The third-order valence-corrected chi connectivity index (χ3v) is 7.04. The highest BCUT2D eigenvalue weighted by Crippen LogP contribution is 2.61. The van der Waals surface area contributed by atoms with Gasteiger partial charge in [-0.2, -0.15) is 0 Å². The first kappa shape index (κ1) is 12.4. The molecule has 5 rings (SSSR count). The lowest BCUT2D eigenvalue weighted by Crippen LogP contribution is -2.54. The fourth-order valence-electron chi connectivity index (χ4n) is 5.59. The topological polar surface area (TPSA) is 12.0 Å². The summed E-state index contributed by atoms with van der Waals surface area (Å²) in [6.07, 6.45) is 9.19. The molecular formula is C17H25NS. The second-order valence-electron chi connectivity index (χ2n) is 7.46. The summed E-state index contributed by atoms with van der Waals surface area (Å²) >= 11 is 1.88. The zero-order chi connectivity index (χ0) is 12.9. The van der Waals surface area contributed by atoms with Crippen molar-refractivity contribution in [3.8, 4) is 0 Å². The van der Waals surface area contributed by atoms with Crippen LogP contribution >= 0.6 is 11.3 Å². The van der Waals surface area contributed by atoms with Crippen molar-refractivity contribution in [2.45, 2.75) is 58.0 Å². The maximum atomic E-state index is 3.85. The molecule has 1 nitrogen and oxygen atoms in total. The summed E-state index contributed by atoms with van der Waals surface area (Å²) in [5, 5.41) is 6.04. The lowest BCUT2D eigenvalue weighted by molar-refractivity contribution is -0.0706. The molecule has 2 heteroatoms. The van der Waals surface area contributed by atoms with Crippen molar-refractivity contribution in [1.82, 2.24) is 5.32 Å². The van der Waals surface area contributed by atoms with E-state index in [1.165, 1.54) is 24.1 Å². The lowest BCUT2D eigenvalue weighted by atomic mass is 9.48. The molecule has 1 heterocycles. The molecule has 0 spiro atoms. The highest BCUT2D eigenvalue weighted by atomic mass is 32.1. The van der Waals surface area contributed by atoms with E-state index >= 15 is 0 Å². The van der Waals surface area contributed by atoms with Gasteiger partial charge in [0.25, 0.3) is 0 Å². The molecule has 0 unspecified atom stereocenters. The van der Waals surface area contributed by atoms with Crippen LogP contribution in [-0.4, -0.2) is 6.04 Å². The Morgan fingerprint density at radius 2 is 1.84 bits per heavy atom. The van der Waals surface area contributed by atoms with Crippen molar-refractivity contribution in [2.24, 2.45) is 23.2 Å². The average Bonchev–Trinajstić information content (AvgIpc) is 2.87. The Morgan fingerprint density at radius 3 is 2.37 bits per heavy atom. The Bertz CT molecular complexity index is 401. The highest BCUT2D eigenvalue weighted by molar-refractivity contribution is 7.09. The normalized spacial score (nSPS) is 41.6. The second kappa shape index (κ2) is 4.60. The van der Waals surface area contributed by atoms with Crippen molar-refractivity contribution >= 4 is 11.3 Å². The standard InChI is InChI=1S/C17H25NS/c1-12(18-11-16-3-2-4-19-16)17-8-13-5-14(9-17)7-15(6-13)10-17/h2-4,12-15,18H,5-11H2,1H3/t12-,13?,14?,15?,17?/m1/s1. The van der Waals surface area contributed by atoms with Gasteiger partial charge in [0.2, 0.25) is 0 Å². The van der Waals surface area contributed by atoms with Crippen molar-refractivity contribution < 1.29 is 0 Å². The van der Waals surface area contributed by atoms with Gasteiger partial charge in [-0.05, 0) is 80.1 Å². The van der Waals surface area contributed by atoms with E-state index in [-0.39, 0.29) is 0 Å². The van der Waals surface area contributed by atoms with E-state index in [2.05, 4.69) is 29.8 Å². The van der Waals surface area contributed by atoms with E-state index < -0.39 is 0 Å².